The summed E-state index contributed by atoms with van der Waals surface area (Å²) in [6, 6.07) is 0. The molecule has 0 saturated carbocycles. The number of hydrogen-bond acceptors (Lipinski definition) is 5. The maximum absolute atomic E-state index is 12.3. The van der Waals surface area contributed by atoms with Gasteiger partial charge in [0.15, 0.2) is 0 Å². The molecule has 6 nitrogen and oxygen atoms in total. The minimum Gasteiger partial charge on any atom is -0.389 e. The Morgan fingerprint density at radius 1 is 1.05 bits per heavy atom. The Bertz CT molecular complexity index is 376. The molecule has 1 amide bonds. The van der Waals surface area contributed by atoms with Gasteiger partial charge in [0.05, 0.1) is 12.2 Å². The van der Waals surface area contributed by atoms with Crippen LogP contribution in [0.25, 0.3) is 0 Å². The normalized spacial score (nSPS) is 32.3. The van der Waals surface area contributed by atoms with E-state index in [1.165, 1.54) is 0 Å². The second-order valence-corrected chi connectivity index (χ2v) is 7.83. The molecule has 2 heterocycles. The second kappa shape index (κ2) is 6.83. The van der Waals surface area contributed by atoms with Gasteiger partial charge < -0.3 is 20.2 Å². The fourth-order valence-electron chi connectivity index (χ4n) is 3.38. The smallest absolute Gasteiger partial charge is 0.227 e. The molecule has 0 aliphatic carbocycles. The molecule has 2 fully saturated rings. The van der Waals surface area contributed by atoms with Crippen LogP contribution in [0, 0.1) is 11.3 Å². The van der Waals surface area contributed by atoms with E-state index in [0.29, 0.717) is 19.0 Å². The molecule has 2 rings (SSSR count). The zero-order chi connectivity index (χ0) is 16.5. The summed E-state index contributed by atoms with van der Waals surface area (Å²) in [5.74, 6) is 0.677. The van der Waals surface area contributed by atoms with Crippen LogP contribution in [0.3, 0.4) is 0 Å². The molecule has 6 heteroatoms. The monoisotopic (exact) mass is 314 g/mol. The molecule has 128 valence electrons. The molecule has 2 saturated heterocycles. The van der Waals surface area contributed by atoms with Crippen molar-refractivity contribution >= 4 is 5.91 Å². The van der Waals surface area contributed by atoms with Crippen LogP contribution >= 0.6 is 0 Å². The summed E-state index contributed by atoms with van der Waals surface area (Å²) >= 11 is 0. The van der Waals surface area contributed by atoms with E-state index in [4.69, 9.17) is 0 Å². The van der Waals surface area contributed by atoms with Crippen LogP contribution < -0.4 is 0 Å². The predicted molar refractivity (Wildman–Crippen MR) is 83.2 cm³/mol. The zero-order valence-electron chi connectivity index (χ0n) is 13.9. The van der Waals surface area contributed by atoms with Gasteiger partial charge in [0.2, 0.25) is 5.91 Å². The van der Waals surface area contributed by atoms with E-state index in [2.05, 4.69) is 0 Å². The van der Waals surface area contributed by atoms with Crippen molar-refractivity contribution in [3.63, 3.8) is 0 Å². The molecule has 0 aromatic rings. The van der Waals surface area contributed by atoms with Crippen LogP contribution in [0.15, 0.2) is 0 Å². The average molecular weight is 314 g/mol. The fourth-order valence-corrected chi connectivity index (χ4v) is 3.38. The Labute approximate surface area is 132 Å². The van der Waals surface area contributed by atoms with Crippen molar-refractivity contribution in [3.05, 3.63) is 0 Å². The number of aliphatic hydroxyl groups is 3. The third-order valence-electron chi connectivity index (χ3n) is 4.74. The maximum atomic E-state index is 12.3. The zero-order valence-corrected chi connectivity index (χ0v) is 13.9. The number of nitrogens with zero attached hydrogens (tertiary/aromatic N) is 2. The molecule has 2 aliphatic heterocycles. The largest absolute Gasteiger partial charge is 0.389 e. The predicted octanol–water partition coefficient (Wildman–Crippen LogP) is -0.331. The second-order valence-electron chi connectivity index (χ2n) is 7.83. The Hall–Kier alpha value is -0.690. The third-order valence-corrected chi connectivity index (χ3v) is 4.74. The molecular formula is C16H30N2O4. The van der Waals surface area contributed by atoms with E-state index >= 15 is 0 Å². The Balaban J connectivity index is 1.79. The van der Waals surface area contributed by atoms with Crippen molar-refractivity contribution in [2.24, 2.45) is 11.3 Å². The SMILES string of the molecule is CC(C)(C)C(=O)N1CCC(CN2C[C@@H](O)C(O)[C@@H](O)C2)CC1. The Morgan fingerprint density at radius 3 is 2.00 bits per heavy atom. The van der Waals surface area contributed by atoms with E-state index in [9.17, 15) is 20.1 Å². The molecule has 0 aromatic carbocycles. The number of carbonyl (C=O) groups excluding carboxylic acids is 1. The molecule has 3 atom stereocenters. The van der Waals surface area contributed by atoms with Gasteiger partial charge in [0.25, 0.3) is 0 Å². The molecule has 22 heavy (non-hydrogen) atoms. The topological polar surface area (TPSA) is 84.2 Å². The van der Waals surface area contributed by atoms with E-state index in [-0.39, 0.29) is 11.3 Å². The number of β-amino-alcohol motifs (C(OH)–C–C–N with tert-alkyl or cyclic N) is 2. The van der Waals surface area contributed by atoms with Gasteiger partial charge in [-0.2, -0.15) is 0 Å². The van der Waals surface area contributed by atoms with Gasteiger partial charge in [0.1, 0.15) is 6.10 Å². The summed E-state index contributed by atoms with van der Waals surface area (Å²) < 4.78 is 0. The minimum absolute atomic E-state index is 0.206. The van der Waals surface area contributed by atoms with Gasteiger partial charge in [-0.3, -0.25) is 9.69 Å². The molecule has 3 N–H and O–H groups in total. The van der Waals surface area contributed by atoms with Gasteiger partial charge >= 0.3 is 0 Å². The van der Waals surface area contributed by atoms with Gasteiger partial charge in [-0.05, 0) is 18.8 Å². The molecule has 0 spiro atoms. The van der Waals surface area contributed by atoms with Crippen molar-refractivity contribution < 1.29 is 20.1 Å². The van der Waals surface area contributed by atoms with Crippen LogP contribution in [-0.4, -0.2) is 82.1 Å². The highest BCUT2D eigenvalue weighted by Gasteiger charge is 2.35. The highest BCUT2D eigenvalue weighted by molar-refractivity contribution is 5.81. The van der Waals surface area contributed by atoms with E-state index < -0.39 is 18.3 Å². The maximum Gasteiger partial charge on any atom is 0.227 e. The average Bonchev–Trinajstić information content (AvgIpc) is 2.44. The fraction of sp³-hybridized carbons (Fsp3) is 0.938. The first-order valence-electron chi connectivity index (χ1n) is 8.24. The molecular weight excluding hydrogens is 284 g/mol. The third kappa shape index (κ3) is 4.19. The number of aliphatic hydroxyl groups excluding tert-OH is 3. The molecule has 2 aliphatic rings. The summed E-state index contributed by atoms with van der Waals surface area (Å²) in [6.07, 6.45) is -0.903. The van der Waals surface area contributed by atoms with Crippen molar-refractivity contribution in [1.82, 2.24) is 9.80 Å². The van der Waals surface area contributed by atoms with Crippen molar-refractivity contribution in [3.8, 4) is 0 Å². The van der Waals surface area contributed by atoms with E-state index in [1.54, 1.807) is 0 Å². The summed E-state index contributed by atoms with van der Waals surface area (Å²) in [7, 11) is 0. The lowest BCUT2D eigenvalue weighted by Crippen LogP contribution is -2.56. The number of piperidine rings is 2. The van der Waals surface area contributed by atoms with E-state index in [1.807, 2.05) is 30.6 Å². The lowest BCUT2D eigenvalue weighted by Gasteiger charge is -2.41. The molecule has 1 unspecified atom stereocenters. The van der Waals surface area contributed by atoms with Gasteiger partial charge in [0, 0.05) is 38.1 Å². The van der Waals surface area contributed by atoms with Gasteiger partial charge in [-0.25, -0.2) is 0 Å². The Kier molecular flexibility index (Phi) is 5.48. The quantitative estimate of drug-likeness (QED) is 0.650. The lowest BCUT2D eigenvalue weighted by atomic mass is 9.90. The summed E-state index contributed by atoms with van der Waals surface area (Å²) in [6.45, 7) is 9.01. The van der Waals surface area contributed by atoms with Crippen molar-refractivity contribution in [2.75, 3.05) is 32.7 Å². The number of likely N-dealkylation sites (tertiary alicyclic amines) is 2. The minimum atomic E-state index is -1.04. The standard InChI is InChI=1S/C16H30N2O4/c1-16(2,3)15(22)18-6-4-11(5-7-18)8-17-9-12(19)14(21)13(20)10-17/h11-14,19-21H,4-10H2,1-3H3/t12-,13+,14?. The van der Waals surface area contributed by atoms with Crippen LogP contribution in [0.1, 0.15) is 33.6 Å². The number of rotatable bonds is 2. The van der Waals surface area contributed by atoms with Crippen molar-refractivity contribution in [2.45, 2.75) is 51.9 Å². The highest BCUT2D eigenvalue weighted by atomic mass is 16.4. The lowest BCUT2D eigenvalue weighted by molar-refractivity contribution is -0.141. The molecule has 0 aromatic heterocycles. The summed E-state index contributed by atoms with van der Waals surface area (Å²) in [4.78, 5) is 16.2. The number of hydrogen-bond donors (Lipinski definition) is 3. The first-order valence-corrected chi connectivity index (χ1v) is 8.24. The van der Waals surface area contributed by atoms with E-state index in [0.717, 1.165) is 32.5 Å². The first kappa shape index (κ1) is 17.7. The van der Waals surface area contributed by atoms with Gasteiger partial charge in [-0.15, -0.1) is 0 Å². The Morgan fingerprint density at radius 2 is 1.55 bits per heavy atom. The van der Waals surface area contributed by atoms with Crippen LogP contribution in [0.5, 0.6) is 0 Å². The van der Waals surface area contributed by atoms with Gasteiger partial charge in [-0.1, -0.05) is 20.8 Å². The summed E-state index contributed by atoms with van der Waals surface area (Å²) in [5, 5.41) is 29.1. The van der Waals surface area contributed by atoms with Crippen molar-refractivity contribution in [1.29, 1.82) is 0 Å². The van der Waals surface area contributed by atoms with Crippen LogP contribution in [-0.2, 0) is 4.79 Å². The first-order chi connectivity index (χ1) is 10.2. The van der Waals surface area contributed by atoms with Crippen LogP contribution in [0.4, 0.5) is 0 Å². The van der Waals surface area contributed by atoms with Crippen LogP contribution in [0.2, 0.25) is 0 Å². The molecule has 0 radical (unpaired) electrons. The molecule has 0 bridgehead atoms. The highest BCUT2D eigenvalue weighted by Crippen LogP contribution is 2.25. The summed E-state index contributed by atoms with van der Waals surface area (Å²) in [5.41, 5.74) is -0.329. The number of amides is 1. The number of carbonyl (C=O) groups is 1.